The molecule has 0 radical (unpaired) electrons. The predicted molar refractivity (Wildman–Crippen MR) is 150 cm³/mol. The van der Waals surface area contributed by atoms with Crippen LogP contribution in [-0.4, -0.2) is 99.4 Å². The van der Waals surface area contributed by atoms with Crippen molar-refractivity contribution in [3.8, 4) is 0 Å². The minimum absolute atomic E-state index is 0.0791. The van der Waals surface area contributed by atoms with Crippen LogP contribution in [0.15, 0.2) is 30.6 Å². The summed E-state index contributed by atoms with van der Waals surface area (Å²) in [6.07, 6.45) is 4.79. The third-order valence-electron chi connectivity index (χ3n) is 7.49. The van der Waals surface area contributed by atoms with Crippen LogP contribution in [-0.2, 0) is 0 Å². The predicted octanol–water partition coefficient (Wildman–Crippen LogP) is 3.22. The van der Waals surface area contributed by atoms with Crippen molar-refractivity contribution >= 4 is 40.5 Å². The molecule has 2 amide bonds. The van der Waals surface area contributed by atoms with Crippen LogP contribution in [0.25, 0.3) is 11.0 Å². The molecule has 2 saturated heterocycles. The molecule has 0 aliphatic carbocycles. The van der Waals surface area contributed by atoms with Crippen molar-refractivity contribution in [2.45, 2.75) is 39.7 Å². The molecule has 2 aliphatic heterocycles. The number of nitrogens with one attached hydrogen (secondary N) is 1. The van der Waals surface area contributed by atoms with Crippen LogP contribution in [0.4, 0.5) is 22.2 Å². The fourth-order valence-electron chi connectivity index (χ4n) is 5.35. The zero-order valence-corrected chi connectivity index (χ0v) is 23.3. The van der Waals surface area contributed by atoms with Gasteiger partial charge in [-0.15, -0.1) is 0 Å². The molecule has 12 heteroatoms. The number of anilines is 3. The van der Waals surface area contributed by atoms with Gasteiger partial charge in [0.2, 0.25) is 5.95 Å². The summed E-state index contributed by atoms with van der Waals surface area (Å²) in [6, 6.07) is 5.57. The number of piperazine rings is 1. The Morgan fingerprint density at radius 1 is 1.05 bits per heavy atom. The first-order valence-electron chi connectivity index (χ1n) is 13.4. The number of hydrogen-bond acceptors (Lipinski definition) is 8. The van der Waals surface area contributed by atoms with E-state index in [1.807, 2.05) is 22.9 Å². The number of fused-ring (bicyclic) bond motifs is 1. The van der Waals surface area contributed by atoms with E-state index in [0.29, 0.717) is 42.7 Å². The van der Waals surface area contributed by atoms with Crippen molar-refractivity contribution in [2.24, 2.45) is 5.41 Å². The number of amides is 2. The van der Waals surface area contributed by atoms with E-state index in [9.17, 15) is 14.7 Å². The smallest absolute Gasteiger partial charge is 0.407 e. The topological polar surface area (TPSA) is 123 Å². The molecule has 0 bridgehead atoms. The second kappa shape index (κ2) is 10.2. The maximum absolute atomic E-state index is 12.9. The van der Waals surface area contributed by atoms with E-state index >= 15 is 0 Å². The van der Waals surface area contributed by atoms with E-state index < -0.39 is 6.09 Å². The second-order valence-electron chi connectivity index (χ2n) is 11.5. The summed E-state index contributed by atoms with van der Waals surface area (Å²) in [5, 5.41) is 15.8. The first-order chi connectivity index (χ1) is 18.5. The Hall–Kier alpha value is -4.09. The number of carboxylic acid groups (broad SMARTS) is 1. The maximum Gasteiger partial charge on any atom is 0.407 e. The Kier molecular flexibility index (Phi) is 6.96. The molecular weight excluding hydrogens is 498 g/mol. The van der Waals surface area contributed by atoms with Gasteiger partial charge in [-0.05, 0) is 36.5 Å². The average molecular weight is 536 g/mol. The van der Waals surface area contributed by atoms with Crippen molar-refractivity contribution < 1.29 is 14.7 Å². The molecule has 12 nitrogen and oxygen atoms in total. The standard InChI is InChI=1S/C27H37N9O3/c1-27(2,3)21-17-33(12-13-35(21)26(38)39)19-8-9-22(28-16-19)30-25-29-15-18-14-20(24(37)32(4)5)36(23(18)31-25)34-10-6-7-11-34/h8-9,14-16,21H,6-7,10-13,17H2,1-5H3,(H,38,39)(H,28,29,30,31). The molecule has 1 atom stereocenters. The highest BCUT2D eigenvalue weighted by atomic mass is 16.4. The van der Waals surface area contributed by atoms with Gasteiger partial charge < -0.3 is 30.1 Å². The summed E-state index contributed by atoms with van der Waals surface area (Å²) >= 11 is 0. The van der Waals surface area contributed by atoms with Gasteiger partial charge >= 0.3 is 6.09 Å². The number of nitrogens with zero attached hydrogens (tertiary/aromatic N) is 8. The largest absolute Gasteiger partial charge is 0.465 e. The molecule has 2 fully saturated rings. The first kappa shape index (κ1) is 26.5. The van der Waals surface area contributed by atoms with Crippen LogP contribution >= 0.6 is 0 Å². The Morgan fingerprint density at radius 2 is 1.79 bits per heavy atom. The van der Waals surface area contributed by atoms with Crippen molar-refractivity contribution in [3.05, 3.63) is 36.3 Å². The Balaban J connectivity index is 1.37. The Morgan fingerprint density at radius 3 is 2.41 bits per heavy atom. The highest BCUT2D eigenvalue weighted by Gasteiger charge is 2.38. The molecule has 3 aromatic rings. The summed E-state index contributed by atoms with van der Waals surface area (Å²) in [7, 11) is 3.50. The number of hydrogen-bond donors (Lipinski definition) is 2. The van der Waals surface area contributed by atoms with E-state index in [2.05, 4.69) is 46.0 Å². The lowest BCUT2D eigenvalue weighted by atomic mass is 9.84. The van der Waals surface area contributed by atoms with Crippen LogP contribution in [0.1, 0.15) is 44.1 Å². The number of carbonyl (C=O) groups is 2. The van der Waals surface area contributed by atoms with Crippen LogP contribution in [0.3, 0.4) is 0 Å². The molecule has 39 heavy (non-hydrogen) atoms. The van der Waals surface area contributed by atoms with Gasteiger partial charge in [-0.3, -0.25) is 4.79 Å². The van der Waals surface area contributed by atoms with Crippen molar-refractivity contribution in [1.29, 1.82) is 0 Å². The average Bonchev–Trinajstić information content (AvgIpc) is 3.55. The third-order valence-corrected chi connectivity index (χ3v) is 7.49. The Labute approximate surface area is 228 Å². The van der Waals surface area contributed by atoms with Crippen LogP contribution < -0.4 is 15.2 Å². The van der Waals surface area contributed by atoms with E-state index in [-0.39, 0.29) is 17.4 Å². The molecule has 3 aromatic heterocycles. The molecule has 0 aromatic carbocycles. The summed E-state index contributed by atoms with van der Waals surface area (Å²) < 4.78 is 1.93. The molecule has 5 rings (SSSR count). The normalized spacial score (nSPS) is 18.1. The van der Waals surface area contributed by atoms with E-state index in [1.54, 1.807) is 36.3 Å². The summed E-state index contributed by atoms with van der Waals surface area (Å²) in [6.45, 7) is 9.59. The molecule has 2 aliphatic rings. The zero-order valence-electron chi connectivity index (χ0n) is 23.3. The molecule has 208 valence electrons. The van der Waals surface area contributed by atoms with E-state index in [4.69, 9.17) is 4.98 Å². The number of pyridine rings is 1. The molecular formula is C27H37N9O3. The lowest BCUT2D eigenvalue weighted by Crippen LogP contribution is -2.59. The molecule has 5 heterocycles. The van der Waals surface area contributed by atoms with Gasteiger partial charge in [0.05, 0.1) is 17.9 Å². The highest BCUT2D eigenvalue weighted by Crippen LogP contribution is 2.30. The van der Waals surface area contributed by atoms with Crippen LogP contribution in [0, 0.1) is 5.41 Å². The van der Waals surface area contributed by atoms with Gasteiger partial charge in [0.1, 0.15) is 11.5 Å². The molecule has 0 saturated carbocycles. The fourth-order valence-corrected chi connectivity index (χ4v) is 5.35. The van der Waals surface area contributed by atoms with Gasteiger partial charge in [-0.25, -0.2) is 19.4 Å². The summed E-state index contributed by atoms with van der Waals surface area (Å²) in [5.41, 5.74) is 2.00. The van der Waals surface area contributed by atoms with E-state index in [1.165, 1.54) is 0 Å². The number of rotatable bonds is 5. The van der Waals surface area contributed by atoms with Crippen LogP contribution in [0.5, 0.6) is 0 Å². The molecule has 0 spiro atoms. The minimum Gasteiger partial charge on any atom is -0.465 e. The van der Waals surface area contributed by atoms with Crippen molar-refractivity contribution in [1.82, 2.24) is 29.4 Å². The first-order valence-corrected chi connectivity index (χ1v) is 13.4. The Bertz CT molecular complexity index is 1360. The minimum atomic E-state index is -0.877. The highest BCUT2D eigenvalue weighted by molar-refractivity contribution is 5.98. The monoisotopic (exact) mass is 535 g/mol. The molecule has 1 unspecified atom stereocenters. The quantitative estimate of drug-likeness (QED) is 0.507. The van der Waals surface area contributed by atoms with Gasteiger partial charge in [0.25, 0.3) is 5.91 Å². The van der Waals surface area contributed by atoms with Gasteiger partial charge in [-0.1, -0.05) is 20.8 Å². The van der Waals surface area contributed by atoms with Gasteiger partial charge in [-0.2, -0.15) is 4.98 Å². The van der Waals surface area contributed by atoms with Gasteiger partial charge in [0.15, 0.2) is 5.65 Å². The third kappa shape index (κ3) is 5.27. The second-order valence-corrected chi connectivity index (χ2v) is 11.5. The maximum atomic E-state index is 12.9. The fraction of sp³-hybridized carbons (Fsp3) is 0.519. The van der Waals surface area contributed by atoms with Crippen LogP contribution in [0.2, 0.25) is 0 Å². The van der Waals surface area contributed by atoms with Gasteiger partial charge in [0, 0.05) is 58.4 Å². The van der Waals surface area contributed by atoms with Crippen molar-refractivity contribution in [2.75, 3.05) is 62.0 Å². The lowest BCUT2D eigenvalue weighted by Gasteiger charge is -2.46. The number of carbonyl (C=O) groups excluding carboxylic acids is 1. The lowest BCUT2D eigenvalue weighted by molar-refractivity contribution is 0.0748. The summed E-state index contributed by atoms with van der Waals surface area (Å²) in [4.78, 5) is 43.8. The van der Waals surface area contributed by atoms with E-state index in [0.717, 1.165) is 37.0 Å². The summed E-state index contributed by atoms with van der Waals surface area (Å²) in [5.74, 6) is 0.913. The molecule has 2 N–H and O–H groups in total. The SMILES string of the molecule is CN(C)C(=O)c1cc2cnc(Nc3ccc(N4CCN(C(=O)O)C(C(C)(C)C)C4)cn3)nc2n1N1CCCC1. The number of aromatic nitrogens is 4. The zero-order chi connectivity index (χ0) is 27.9. The van der Waals surface area contributed by atoms with Crippen molar-refractivity contribution in [3.63, 3.8) is 0 Å².